The Balaban J connectivity index is 2.76. The molecule has 0 bridgehead atoms. The molecular weight excluding hydrogens is 281 g/mol. The molecule has 0 saturated carbocycles. The predicted octanol–water partition coefficient (Wildman–Crippen LogP) is 1.33. The van der Waals surface area contributed by atoms with Crippen LogP contribution in [0.3, 0.4) is 0 Å². The summed E-state index contributed by atoms with van der Waals surface area (Å²) in [6, 6.07) is 2.87. The smallest absolute Gasteiger partial charge is 0.304 e. The molecule has 0 unspecified atom stereocenters. The van der Waals surface area contributed by atoms with Crippen molar-refractivity contribution >= 4 is 17.5 Å². The largest absolute Gasteiger partial charge is 0.355 e. The molecule has 7 nitrogen and oxygen atoms in total. The van der Waals surface area contributed by atoms with Gasteiger partial charge >= 0.3 is 5.69 Å². The van der Waals surface area contributed by atoms with Gasteiger partial charge < -0.3 is 10.2 Å². The summed E-state index contributed by atoms with van der Waals surface area (Å²) in [6.07, 6.45) is 0.775. The van der Waals surface area contributed by atoms with Crippen LogP contribution in [0.4, 0.5) is 10.1 Å². The number of rotatable bonds is 6. The predicted molar refractivity (Wildman–Crippen MR) is 73.3 cm³/mol. The second-order valence-corrected chi connectivity index (χ2v) is 4.43. The third kappa shape index (κ3) is 4.51. The summed E-state index contributed by atoms with van der Waals surface area (Å²) >= 11 is 0. The van der Waals surface area contributed by atoms with Gasteiger partial charge in [-0.2, -0.15) is 4.39 Å². The second-order valence-electron chi connectivity index (χ2n) is 4.43. The molecule has 0 aromatic heterocycles. The van der Waals surface area contributed by atoms with E-state index in [1.807, 2.05) is 6.92 Å². The van der Waals surface area contributed by atoms with Crippen LogP contribution in [0.2, 0.25) is 0 Å². The van der Waals surface area contributed by atoms with Crippen molar-refractivity contribution in [3.8, 4) is 0 Å². The van der Waals surface area contributed by atoms with E-state index < -0.39 is 22.3 Å². The molecule has 0 aliphatic rings. The summed E-state index contributed by atoms with van der Waals surface area (Å²) < 4.78 is 13.5. The zero-order valence-corrected chi connectivity index (χ0v) is 11.8. The zero-order valence-electron chi connectivity index (χ0n) is 11.8. The van der Waals surface area contributed by atoms with E-state index in [1.165, 1.54) is 7.05 Å². The molecule has 0 aliphatic heterocycles. The van der Waals surface area contributed by atoms with E-state index in [9.17, 15) is 24.1 Å². The number of halogens is 1. The van der Waals surface area contributed by atoms with Crippen molar-refractivity contribution in [3.05, 3.63) is 39.7 Å². The molecule has 1 N–H and O–H groups in total. The van der Waals surface area contributed by atoms with Gasteiger partial charge in [-0.3, -0.25) is 19.7 Å². The van der Waals surface area contributed by atoms with Crippen molar-refractivity contribution in [1.82, 2.24) is 10.2 Å². The Morgan fingerprint density at radius 2 is 2.10 bits per heavy atom. The van der Waals surface area contributed by atoms with E-state index in [2.05, 4.69) is 5.32 Å². The third-order valence-electron chi connectivity index (χ3n) is 2.69. The van der Waals surface area contributed by atoms with E-state index in [0.717, 1.165) is 29.5 Å². The monoisotopic (exact) mass is 297 g/mol. The number of hydrogen-bond acceptors (Lipinski definition) is 4. The molecule has 0 heterocycles. The van der Waals surface area contributed by atoms with Crippen molar-refractivity contribution in [2.45, 2.75) is 13.3 Å². The summed E-state index contributed by atoms with van der Waals surface area (Å²) in [5.41, 5.74) is -0.751. The molecule has 0 spiro atoms. The summed E-state index contributed by atoms with van der Waals surface area (Å²) in [4.78, 5) is 34.2. The summed E-state index contributed by atoms with van der Waals surface area (Å²) in [6.45, 7) is 2.24. The molecule has 0 aliphatic carbocycles. The average molecular weight is 297 g/mol. The van der Waals surface area contributed by atoms with Crippen LogP contribution < -0.4 is 5.32 Å². The molecule has 0 atom stereocenters. The van der Waals surface area contributed by atoms with Crippen LogP contribution in [0.25, 0.3) is 0 Å². The number of nitro benzene ring substituents is 1. The van der Waals surface area contributed by atoms with Gasteiger partial charge in [0.15, 0.2) is 0 Å². The van der Waals surface area contributed by atoms with Crippen LogP contribution in [-0.2, 0) is 4.79 Å². The van der Waals surface area contributed by atoms with Crippen LogP contribution in [0.5, 0.6) is 0 Å². The molecule has 0 fully saturated rings. The fourth-order valence-electron chi connectivity index (χ4n) is 1.62. The number of nitrogens with one attached hydrogen (secondary N) is 1. The van der Waals surface area contributed by atoms with E-state index in [1.54, 1.807) is 0 Å². The lowest BCUT2D eigenvalue weighted by Crippen LogP contribution is -2.38. The molecule has 114 valence electrons. The lowest BCUT2D eigenvalue weighted by Gasteiger charge is -2.16. The highest BCUT2D eigenvalue weighted by molar-refractivity contribution is 5.96. The first-order valence-electron chi connectivity index (χ1n) is 6.33. The summed E-state index contributed by atoms with van der Waals surface area (Å²) in [5, 5.41) is 13.1. The third-order valence-corrected chi connectivity index (χ3v) is 2.69. The van der Waals surface area contributed by atoms with Crippen molar-refractivity contribution in [2.75, 3.05) is 20.1 Å². The van der Waals surface area contributed by atoms with Crippen molar-refractivity contribution in [2.24, 2.45) is 0 Å². The minimum Gasteiger partial charge on any atom is -0.355 e. The normalized spacial score (nSPS) is 10.0. The molecule has 0 saturated heterocycles. The van der Waals surface area contributed by atoms with E-state index in [-0.39, 0.29) is 18.0 Å². The number of likely N-dealkylation sites (N-methyl/N-ethyl adjacent to an activating group) is 1. The summed E-state index contributed by atoms with van der Waals surface area (Å²) in [5.74, 6) is -2.00. The van der Waals surface area contributed by atoms with Crippen molar-refractivity contribution in [1.29, 1.82) is 0 Å². The Labute approximate surface area is 120 Å². The van der Waals surface area contributed by atoms with Gasteiger partial charge in [0.2, 0.25) is 11.7 Å². The van der Waals surface area contributed by atoms with Gasteiger partial charge in [-0.1, -0.05) is 6.92 Å². The van der Waals surface area contributed by atoms with Crippen LogP contribution in [0.1, 0.15) is 23.7 Å². The molecule has 2 amide bonds. The second kappa shape index (κ2) is 7.32. The minimum absolute atomic E-state index is 0.0520. The number of benzene rings is 1. The quantitative estimate of drug-likeness (QED) is 0.633. The highest BCUT2D eigenvalue weighted by Crippen LogP contribution is 2.18. The molecule has 1 aromatic carbocycles. The van der Waals surface area contributed by atoms with Crippen molar-refractivity contribution in [3.63, 3.8) is 0 Å². The highest BCUT2D eigenvalue weighted by Gasteiger charge is 2.19. The number of hydrogen-bond donors (Lipinski definition) is 1. The Morgan fingerprint density at radius 3 is 2.62 bits per heavy atom. The maximum absolute atomic E-state index is 13.5. The lowest BCUT2D eigenvalue weighted by atomic mass is 10.1. The van der Waals surface area contributed by atoms with E-state index in [4.69, 9.17) is 0 Å². The van der Waals surface area contributed by atoms with Gasteiger partial charge in [0.25, 0.3) is 5.91 Å². The summed E-state index contributed by atoms with van der Waals surface area (Å²) in [7, 11) is 1.40. The molecule has 1 aromatic rings. The molecule has 8 heteroatoms. The number of nitrogens with zero attached hydrogens (tertiary/aromatic N) is 2. The Kier molecular flexibility index (Phi) is 5.77. The van der Waals surface area contributed by atoms with Gasteiger partial charge in [0.05, 0.1) is 11.5 Å². The van der Waals surface area contributed by atoms with Crippen LogP contribution in [0.15, 0.2) is 18.2 Å². The maximum Gasteiger partial charge on any atom is 0.304 e. The Bertz CT molecular complexity index is 562. The van der Waals surface area contributed by atoms with Gasteiger partial charge in [0.1, 0.15) is 0 Å². The lowest BCUT2D eigenvalue weighted by molar-refractivity contribution is -0.387. The number of carbonyl (C=O) groups excluding carboxylic acids is 2. The molecule has 0 radical (unpaired) electrons. The average Bonchev–Trinajstić information content (AvgIpc) is 2.43. The van der Waals surface area contributed by atoms with Crippen molar-refractivity contribution < 1.29 is 18.9 Å². The SMILES string of the molecule is CCCNC(=O)CN(C)C(=O)c1ccc([N+](=O)[O-])c(F)c1. The van der Waals surface area contributed by atoms with Gasteiger partial charge in [-0.25, -0.2) is 0 Å². The maximum atomic E-state index is 13.5. The minimum atomic E-state index is -1.09. The highest BCUT2D eigenvalue weighted by atomic mass is 19.1. The first-order chi connectivity index (χ1) is 9.86. The molecule has 21 heavy (non-hydrogen) atoms. The number of nitro groups is 1. The topological polar surface area (TPSA) is 92.6 Å². The zero-order chi connectivity index (χ0) is 16.0. The van der Waals surface area contributed by atoms with E-state index in [0.29, 0.717) is 6.54 Å². The van der Waals surface area contributed by atoms with E-state index >= 15 is 0 Å². The standard InChI is InChI=1S/C13H16FN3O4/c1-3-6-15-12(18)8-16(2)13(19)9-4-5-11(17(20)21)10(14)7-9/h4-5,7H,3,6,8H2,1-2H3,(H,15,18). The van der Waals surface area contributed by atoms with Gasteiger partial charge in [-0.05, 0) is 18.6 Å². The number of carbonyl (C=O) groups is 2. The Hall–Kier alpha value is -2.51. The first kappa shape index (κ1) is 16.5. The fraction of sp³-hybridized carbons (Fsp3) is 0.385. The van der Waals surface area contributed by atoms with Gasteiger partial charge in [0, 0.05) is 25.2 Å². The van der Waals surface area contributed by atoms with Crippen LogP contribution >= 0.6 is 0 Å². The fourth-order valence-corrected chi connectivity index (χ4v) is 1.62. The van der Waals surface area contributed by atoms with Crippen LogP contribution in [0, 0.1) is 15.9 Å². The Morgan fingerprint density at radius 1 is 1.43 bits per heavy atom. The first-order valence-corrected chi connectivity index (χ1v) is 6.33. The number of amides is 2. The molecular formula is C13H16FN3O4. The molecule has 1 rings (SSSR count). The van der Waals surface area contributed by atoms with Crippen LogP contribution in [-0.4, -0.2) is 41.8 Å². The van der Waals surface area contributed by atoms with Gasteiger partial charge in [-0.15, -0.1) is 0 Å².